The first-order valence-electron chi connectivity index (χ1n) is 17.4. The lowest BCUT2D eigenvalue weighted by Crippen LogP contribution is -2.71. The molecule has 8 fully saturated rings. The SMILES string of the molecule is CC12CC3(C)CC(c4ccc(C(=O)O)c(C(=O)O)c4)(C1)CC(C14CC5(C)CC(C)(CC(c6ccc(C(=O)O)c(C(=O)O)c6)(C5)C1)C4)(C2)C3. The number of aromatic carboxylic acids is 4. The lowest BCUT2D eigenvalue weighted by atomic mass is 9.24. The topological polar surface area (TPSA) is 149 Å². The molecule has 8 bridgehead atoms. The molecule has 2 aromatic carbocycles. The van der Waals surface area contributed by atoms with E-state index in [-0.39, 0.29) is 65.6 Å². The van der Waals surface area contributed by atoms with E-state index in [9.17, 15) is 39.6 Å². The van der Waals surface area contributed by atoms with Gasteiger partial charge in [-0.3, -0.25) is 0 Å². The quantitative estimate of drug-likeness (QED) is 0.232. The van der Waals surface area contributed by atoms with Crippen LogP contribution in [0.25, 0.3) is 0 Å². The van der Waals surface area contributed by atoms with Crippen LogP contribution in [-0.4, -0.2) is 44.3 Å². The maximum atomic E-state index is 12.4. The van der Waals surface area contributed by atoms with Crippen molar-refractivity contribution < 1.29 is 39.6 Å². The molecule has 48 heavy (non-hydrogen) atoms. The number of hydrogen-bond acceptors (Lipinski definition) is 4. The average molecular weight is 655 g/mol. The maximum Gasteiger partial charge on any atom is 0.336 e. The minimum absolute atomic E-state index is 0.0221. The fourth-order valence-corrected chi connectivity index (χ4v) is 15.6. The van der Waals surface area contributed by atoms with Gasteiger partial charge in [-0.05, 0) is 156 Å². The van der Waals surface area contributed by atoms with Crippen LogP contribution in [0.5, 0.6) is 0 Å². The lowest BCUT2D eigenvalue weighted by molar-refractivity contribution is -0.275. The van der Waals surface area contributed by atoms with Crippen LogP contribution in [0.2, 0.25) is 0 Å². The Labute approximate surface area is 280 Å². The van der Waals surface area contributed by atoms with Crippen LogP contribution in [-0.2, 0) is 10.8 Å². The molecule has 4 N–H and O–H groups in total. The van der Waals surface area contributed by atoms with Gasteiger partial charge in [-0.1, -0.05) is 39.8 Å². The summed E-state index contributed by atoms with van der Waals surface area (Å²) in [5.41, 5.74) is 0.894. The molecule has 10 rings (SSSR count). The summed E-state index contributed by atoms with van der Waals surface area (Å²) in [5.74, 6) is -4.90. The second-order valence-corrected chi connectivity index (χ2v) is 19.2. The van der Waals surface area contributed by atoms with E-state index >= 15 is 0 Å². The van der Waals surface area contributed by atoms with Crippen LogP contribution in [0, 0.1) is 32.5 Å². The zero-order valence-corrected chi connectivity index (χ0v) is 28.4. The van der Waals surface area contributed by atoms with Crippen molar-refractivity contribution in [3.8, 4) is 0 Å². The Morgan fingerprint density at radius 2 is 0.708 bits per heavy atom. The predicted molar refractivity (Wildman–Crippen MR) is 177 cm³/mol. The van der Waals surface area contributed by atoms with Crippen molar-refractivity contribution in [2.24, 2.45) is 32.5 Å². The molecule has 0 radical (unpaired) electrons. The molecule has 2 aromatic rings. The second-order valence-electron chi connectivity index (χ2n) is 19.2. The summed E-state index contributed by atoms with van der Waals surface area (Å²) in [7, 11) is 0. The van der Waals surface area contributed by atoms with Crippen molar-refractivity contribution in [3.63, 3.8) is 0 Å². The number of benzene rings is 2. The summed E-state index contributed by atoms with van der Waals surface area (Å²) in [4.78, 5) is 48.7. The van der Waals surface area contributed by atoms with Gasteiger partial charge in [0.1, 0.15) is 0 Å². The zero-order valence-electron chi connectivity index (χ0n) is 28.4. The van der Waals surface area contributed by atoms with E-state index < -0.39 is 23.9 Å². The van der Waals surface area contributed by atoms with Crippen LogP contribution in [0.3, 0.4) is 0 Å². The Morgan fingerprint density at radius 3 is 0.979 bits per heavy atom. The average Bonchev–Trinajstić information content (AvgIpc) is 2.92. The number of carboxylic acid groups (broad SMARTS) is 4. The Hall–Kier alpha value is -3.68. The molecule has 8 heteroatoms. The standard InChI is InChI=1S/C40H46O8/c1-33-11-34(2)14-37(13-33,23-5-7-25(29(41)42)27(9-23)31(45)46)21-39(17-33,18-34)40-19-35(3)12-36(4,20-40)16-38(15-35,22-40)24-6-8-26(30(43)44)28(10-24)32(47)48/h5-10H,11-22H2,1-4H3,(H,41,42)(H,43,44)(H,45,46)(H,47,48). The summed E-state index contributed by atoms with van der Waals surface area (Å²) >= 11 is 0. The van der Waals surface area contributed by atoms with E-state index in [4.69, 9.17) is 0 Å². The Bertz CT molecular complexity index is 1680. The molecule has 8 aliphatic rings. The first-order valence-corrected chi connectivity index (χ1v) is 17.4. The first-order chi connectivity index (χ1) is 22.2. The van der Waals surface area contributed by atoms with Gasteiger partial charge in [0, 0.05) is 0 Å². The highest BCUT2D eigenvalue weighted by molar-refractivity contribution is 6.02. The molecule has 0 aliphatic heterocycles. The molecule has 8 nitrogen and oxygen atoms in total. The summed E-state index contributed by atoms with van der Waals surface area (Å²) in [6.07, 6.45) is 12.4. The Balaban J connectivity index is 1.30. The molecule has 4 atom stereocenters. The number of hydrogen-bond donors (Lipinski definition) is 4. The normalized spacial score (nSPS) is 43.3. The van der Waals surface area contributed by atoms with E-state index in [0.717, 1.165) is 88.2 Å². The van der Waals surface area contributed by atoms with Gasteiger partial charge in [0.2, 0.25) is 0 Å². The highest BCUT2D eigenvalue weighted by atomic mass is 16.4. The minimum atomic E-state index is -1.23. The van der Waals surface area contributed by atoms with E-state index in [0.29, 0.717) is 0 Å². The molecule has 8 saturated carbocycles. The van der Waals surface area contributed by atoms with Crippen LogP contribution >= 0.6 is 0 Å². The second kappa shape index (κ2) is 9.10. The number of carbonyl (C=O) groups is 4. The van der Waals surface area contributed by atoms with Gasteiger partial charge in [-0.25, -0.2) is 19.2 Å². The van der Waals surface area contributed by atoms with Gasteiger partial charge in [-0.2, -0.15) is 0 Å². The predicted octanol–water partition coefficient (Wildman–Crippen LogP) is 8.42. The van der Waals surface area contributed by atoms with E-state index in [1.807, 2.05) is 12.1 Å². The van der Waals surface area contributed by atoms with Crippen molar-refractivity contribution in [3.05, 3.63) is 69.8 Å². The molecule has 0 heterocycles. The maximum absolute atomic E-state index is 12.4. The van der Waals surface area contributed by atoms with Gasteiger partial charge in [0.25, 0.3) is 0 Å². The van der Waals surface area contributed by atoms with Gasteiger partial charge < -0.3 is 20.4 Å². The van der Waals surface area contributed by atoms with Crippen LogP contribution < -0.4 is 0 Å². The summed E-state index contributed by atoms with van der Waals surface area (Å²) in [5, 5.41) is 39.8. The van der Waals surface area contributed by atoms with Crippen molar-refractivity contribution >= 4 is 23.9 Å². The molecule has 8 aliphatic carbocycles. The van der Waals surface area contributed by atoms with Gasteiger partial charge in [-0.15, -0.1) is 0 Å². The van der Waals surface area contributed by atoms with Crippen molar-refractivity contribution in [1.82, 2.24) is 0 Å². The van der Waals surface area contributed by atoms with Crippen LogP contribution in [0.4, 0.5) is 0 Å². The van der Waals surface area contributed by atoms with Gasteiger partial charge in [0.15, 0.2) is 0 Å². The molecule has 4 unspecified atom stereocenters. The van der Waals surface area contributed by atoms with Gasteiger partial charge in [0.05, 0.1) is 22.3 Å². The molecular formula is C40H46O8. The third-order valence-electron chi connectivity index (χ3n) is 14.5. The molecule has 0 aromatic heterocycles. The third-order valence-corrected chi connectivity index (χ3v) is 14.5. The van der Waals surface area contributed by atoms with Crippen molar-refractivity contribution in [2.75, 3.05) is 0 Å². The van der Waals surface area contributed by atoms with Crippen molar-refractivity contribution in [1.29, 1.82) is 0 Å². The molecule has 0 amide bonds. The highest BCUT2D eigenvalue weighted by Crippen LogP contribution is 2.85. The summed E-state index contributed by atoms with van der Waals surface area (Å²) in [6, 6.07) is 10.1. The molecule has 0 spiro atoms. The zero-order chi connectivity index (χ0) is 34.5. The molecule has 0 saturated heterocycles. The smallest absolute Gasteiger partial charge is 0.336 e. The van der Waals surface area contributed by atoms with E-state index in [1.54, 1.807) is 12.1 Å². The van der Waals surface area contributed by atoms with Crippen LogP contribution in [0.1, 0.15) is 157 Å². The largest absolute Gasteiger partial charge is 0.478 e. The van der Waals surface area contributed by atoms with Crippen LogP contribution in [0.15, 0.2) is 36.4 Å². The lowest BCUT2D eigenvalue weighted by Gasteiger charge is -2.80. The monoisotopic (exact) mass is 654 g/mol. The highest BCUT2D eigenvalue weighted by Gasteiger charge is 2.76. The number of rotatable bonds is 7. The van der Waals surface area contributed by atoms with E-state index in [2.05, 4.69) is 27.7 Å². The van der Waals surface area contributed by atoms with Crippen molar-refractivity contribution in [2.45, 2.75) is 116 Å². The van der Waals surface area contributed by atoms with E-state index in [1.165, 1.54) is 12.1 Å². The minimum Gasteiger partial charge on any atom is -0.478 e. The first kappa shape index (κ1) is 31.6. The fraction of sp³-hybridized carbons (Fsp3) is 0.600. The summed E-state index contributed by atoms with van der Waals surface area (Å²) < 4.78 is 0. The number of carboxylic acids is 4. The Kier molecular flexibility index (Phi) is 5.99. The van der Waals surface area contributed by atoms with Gasteiger partial charge >= 0.3 is 23.9 Å². The molecule has 254 valence electrons. The third kappa shape index (κ3) is 4.19. The summed E-state index contributed by atoms with van der Waals surface area (Å²) in [6.45, 7) is 9.72. The Morgan fingerprint density at radius 1 is 0.417 bits per heavy atom. The molecular weight excluding hydrogens is 608 g/mol. The fourth-order valence-electron chi connectivity index (χ4n) is 15.6.